The van der Waals surface area contributed by atoms with Crippen molar-refractivity contribution in [1.82, 2.24) is 10.2 Å². The highest BCUT2D eigenvalue weighted by Crippen LogP contribution is 2.34. The molecule has 1 saturated carbocycles. The minimum Gasteiger partial charge on any atom is -0.324 e. The van der Waals surface area contributed by atoms with Gasteiger partial charge in [0.25, 0.3) is 5.91 Å². The van der Waals surface area contributed by atoms with Crippen molar-refractivity contribution in [1.29, 1.82) is 0 Å². The Balaban J connectivity index is 1.68. The number of nitrogens with zero attached hydrogens (tertiary/aromatic N) is 1. The summed E-state index contributed by atoms with van der Waals surface area (Å²) >= 11 is 2.20. The Morgan fingerprint density at radius 2 is 2.04 bits per heavy atom. The van der Waals surface area contributed by atoms with E-state index in [-0.39, 0.29) is 18.4 Å². The van der Waals surface area contributed by atoms with Crippen molar-refractivity contribution in [2.75, 3.05) is 11.9 Å². The number of anilines is 1. The van der Waals surface area contributed by atoms with Gasteiger partial charge in [0.2, 0.25) is 5.91 Å². The fraction of sp³-hybridized carbons (Fsp3) is 0.438. The molecular formula is C16H18IN3O3. The number of carbonyl (C=O) groups excluding carboxylic acids is 3. The van der Waals surface area contributed by atoms with Crippen LogP contribution >= 0.6 is 22.6 Å². The molecule has 3 rings (SSSR count). The summed E-state index contributed by atoms with van der Waals surface area (Å²) < 4.78 is 1.08. The number of halogens is 1. The van der Waals surface area contributed by atoms with Gasteiger partial charge in [-0.15, -0.1) is 0 Å². The number of aryl methyl sites for hydroxylation is 1. The molecule has 2 fully saturated rings. The molecule has 1 aromatic rings. The van der Waals surface area contributed by atoms with Crippen LogP contribution in [-0.2, 0) is 9.59 Å². The second-order valence-electron chi connectivity index (χ2n) is 6.12. The van der Waals surface area contributed by atoms with E-state index >= 15 is 0 Å². The summed E-state index contributed by atoms with van der Waals surface area (Å²) in [4.78, 5) is 37.8. The zero-order chi connectivity index (χ0) is 16.6. The highest BCUT2D eigenvalue weighted by Gasteiger charge is 2.52. The van der Waals surface area contributed by atoms with Crippen LogP contribution in [0.25, 0.3) is 0 Å². The van der Waals surface area contributed by atoms with E-state index in [0.29, 0.717) is 18.5 Å². The number of imide groups is 1. The normalized spacial score (nSPS) is 19.3. The SMILES string of the molecule is Cc1cc(I)ccc1NC(=O)CN1C(=O)NC2(CCCC2)C1=O. The Morgan fingerprint density at radius 1 is 1.35 bits per heavy atom. The molecule has 0 unspecified atom stereocenters. The maximum absolute atomic E-state index is 12.5. The summed E-state index contributed by atoms with van der Waals surface area (Å²) in [6.07, 6.45) is 3.17. The largest absolute Gasteiger partial charge is 0.325 e. The number of nitrogens with one attached hydrogen (secondary N) is 2. The Kier molecular flexibility index (Phi) is 4.31. The topological polar surface area (TPSA) is 78.5 Å². The molecule has 122 valence electrons. The van der Waals surface area contributed by atoms with Gasteiger partial charge in [-0.2, -0.15) is 0 Å². The molecule has 4 amide bonds. The average molecular weight is 427 g/mol. The molecule has 1 aliphatic carbocycles. The first-order chi connectivity index (χ1) is 10.9. The minimum atomic E-state index is -0.768. The monoisotopic (exact) mass is 427 g/mol. The fourth-order valence-corrected chi connectivity index (χ4v) is 3.88. The first kappa shape index (κ1) is 16.2. The van der Waals surface area contributed by atoms with Crippen molar-refractivity contribution in [3.05, 3.63) is 27.3 Å². The van der Waals surface area contributed by atoms with Crippen molar-refractivity contribution >= 4 is 46.1 Å². The number of amides is 4. The van der Waals surface area contributed by atoms with Crippen LogP contribution in [0.4, 0.5) is 10.5 Å². The minimum absolute atomic E-state index is 0.252. The molecule has 7 heteroatoms. The summed E-state index contributed by atoms with van der Waals surface area (Å²) in [6, 6.07) is 5.20. The molecule has 2 N–H and O–H groups in total. The molecule has 1 aromatic carbocycles. The molecule has 1 spiro atoms. The van der Waals surface area contributed by atoms with E-state index in [1.165, 1.54) is 0 Å². The second-order valence-corrected chi connectivity index (χ2v) is 7.36. The number of hydrogen-bond acceptors (Lipinski definition) is 3. The standard InChI is InChI=1S/C16H18IN3O3/c1-10-8-11(17)4-5-12(10)18-13(21)9-20-14(22)16(19-15(20)23)6-2-3-7-16/h4-5,8H,2-3,6-7,9H2,1H3,(H,18,21)(H,19,23). The molecule has 0 radical (unpaired) electrons. The van der Waals surface area contributed by atoms with E-state index in [4.69, 9.17) is 0 Å². The van der Waals surface area contributed by atoms with Gasteiger partial charge in [-0.3, -0.25) is 14.5 Å². The maximum Gasteiger partial charge on any atom is 0.325 e. The van der Waals surface area contributed by atoms with Gasteiger partial charge in [0.15, 0.2) is 0 Å². The zero-order valence-corrected chi connectivity index (χ0v) is 15.0. The summed E-state index contributed by atoms with van der Waals surface area (Å²) in [5, 5.41) is 5.54. The van der Waals surface area contributed by atoms with Crippen LogP contribution < -0.4 is 10.6 Å². The van der Waals surface area contributed by atoms with Gasteiger partial charge >= 0.3 is 6.03 Å². The van der Waals surface area contributed by atoms with Gasteiger partial charge in [-0.25, -0.2) is 4.79 Å². The fourth-order valence-electron chi connectivity index (χ4n) is 3.24. The van der Waals surface area contributed by atoms with Gasteiger partial charge in [0, 0.05) is 9.26 Å². The number of carbonyl (C=O) groups is 3. The van der Waals surface area contributed by atoms with Gasteiger partial charge in [-0.05, 0) is 66.1 Å². The van der Waals surface area contributed by atoms with E-state index in [9.17, 15) is 14.4 Å². The smallest absolute Gasteiger partial charge is 0.324 e. The number of urea groups is 1. The predicted octanol–water partition coefficient (Wildman–Crippen LogP) is 2.40. The third-order valence-corrected chi connectivity index (χ3v) is 5.14. The van der Waals surface area contributed by atoms with Gasteiger partial charge in [-0.1, -0.05) is 12.8 Å². The Morgan fingerprint density at radius 3 is 2.70 bits per heavy atom. The third kappa shape index (κ3) is 3.06. The molecule has 0 aromatic heterocycles. The summed E-state index contributed by atoms with van der Waals surface area (Å²) in [6.45, 7) is 1.65. The Labute approximate surface area is 148 Å². The van der Waals surface area contributed by atoms with E-state index in [1.54, 1.807) is 0 Å². The summed E-state index contributed by atoms with van der Waals surface area (Å²) in [5.74, 6) is -0.637. The van der Waals surface area contributed by atoms with E-state index in [1.807, 2.05) is 25.1 Å². The highest BCUT2D eigenvalue weighted by atomic mass is 127. The van der Waals surface area contributed by atoms with E-state index in [2.05, 4.69) is 33.2 Å². The van der Waals surface area contributed by atoms with Crippen molar-refractivity contribution in [2.24, 2.45) is 0 Å². The molecular weight excluding hydrogens is 409 g/mol. The van der Waals surface area contributed by atoms with Crippen LogP contribution in [0, 0.1) is 10.5 Å². The maximum atomic E-state index is 12.5. The van der Waals surface area contributed by atoms with E-state index < -0.39 is 11.6 Å². The summed E-state index contributed by atoms with van der Waals surface area (Å²) in [5.41, 5.74) is 0.864. The molecule has 23 heavy (non-hydrogen) atoms. The molecule has 0 bridgehead atoms. The predicted molar refractivity (Wildman–Crippen MR) is 94.0 cm³/mol. The van der Waals surface area contributed by atoms with Crippen molar-refractivity contribution in [2.45, 2.75) is 38.1 Å². The lowest BCUT2D eigenvalue weighted by molar-refractivity contribution is -0.133. The third-order valence-electron chi connectivity index (χ3n) is 4.47. The number of rotatable bonds is 3. The quantitative estimate of drug-likeness (QED) is 0.575. The molecule has 1 heterocycles. The first-order valence-electron chi connectivity index (χ1n) is 7.61. The van der Waals surface area contributed by atoms with E-state index in [0.717, 1.165) is 26.9 Å². The van der Waals surface area contributed by atoms with Crippen molar-refractivity contribution < 1.29 is 14.4 Å². The summed E-state index contributed by atoms with van der Waals surface area (Å²) in [7, 11) is 0. The van der Waals surface area contributed by atoms with Crippen LogP contribution in [0.5, 0.6) is 0 Å². The van der Waals surface area contributed by atoms with Crippen LogP contribution in [0.1, 0.15) is 31.2 Å². The van der Waals surface area contributed by atoms with Gasteiger partial charge in [0.05, 0.1) is 0 Å². The number of hydrogen-bond donors (Lipinski definition) is 2. The molecule has 0 atom stereocenters. The first-order valence-corrected chi connectivity index (χ1v) is 8.69. The van der Waals surface area contributed by atoms with Crippen molar-refractivity contribution in [3.8, 4) is 0 Å². The molecule has 6 nitrogen and oxygen atoms in total. The van der Waals surface area contributed by atoms with Gasteiger partial charge in [0.1, 0.15) is 12.1 Å². The zero-order valence-electron chi connectivity index (χ0n) is 12.8. The highest BCUT2D eigenvalue weighted by molar-refractivity contribution is 14.1. The Bertz CT molecular complexity index is 683. The van der Waals surface area contributed by atoms with Crippen LogP contribution in [0.2, 0.25) is 0 Å². The molecule has 2 aliphatic rings. The van der Waals surface area contributed by atoms with Gasteiger partial charge < -0.3 is 10.6 Å². The van der Waals surface area contributed by atoms with Crippen molar-refractivity contribution in [3.63, 3.8) is 0 Å². The lowest BCUT2D eigenvalue weighted by Crippen LogP contribution is -2.44. The lowest BCUT2D eigenvalue weighted by Gasteiger charge is -2.19. The van der Waals surface area contributed by atoms with Crippen LogP contribution in [0.15, 0.2) is 18.2 Å². The second kappa shape index (κ2) is 6.10. The number of benzene rings is 1. The Hall–Kier alpha value is -1.64. The molecule has 1 aliphatic heterocycles. The van der Waals surface area contributed by atoms with Crippen LogP contribution in [-0.4, -0.2) is 34.8 Å². The van der Waals surface area contributed by atoms with Crippen LogP contribution in [0.3, 0.4) is 0 Å². The average Bonchev–Trinajstić information content (AvgIpc) is 3.04. The lowest BCUT2D eigenvalue weighted by atomic mass is 9.98. The molecule has 1 saturated heterocycles.